The SMILES string of the molecule is CCOC(=O)OP(O)OC. The van der Waals surface area contributed by atoms with Crippen LogP contribution in [0.3, 0.4) is 0 Å². The smallest absolute Gasteiger partial charge is 0.434 e. The Kier molecular flexibility index (Phi) is 5.20. The van der Waals surface area contributed by atoms with Gasteiger partial charge in [0.2, 0.25) is 0 Å². The average Bonchev–Trinajstić information content (AvgIpc) is 1.88. The summed E-state index contributed by atoms with van der Waals surface area (Å²) in [6, 6.07) is 0. The van der Waals surface area contributed by atoms with E-state index in [1.54, 1.807) is 6.92 Å². The van der Waals surface area contributed by atoms with Gasteiger partial charge in [0.05, 0.1) is 6.61 Å². The first kappa shape index (κ1) is 9.62. The second-order valence-corrected chi connectivity index (χ2v) is 2.22. The van der Waals surface area contributed by atoms with Crippen molar-refractivity contribution in [3.8, 4) is 0 Å². The molecule has 60 valence electrons. The summed E-state index contributed by atoms with van der Waals surface area (Å²) in [4.78, 5) is 18.9. The maximum absolute atomic E-state index is 10.3. The monoisotopic (exact) mass is 168 g/mol. The topological polar surface area (TPSA) is 65.0 Å². The lowest BCUT2D eigenvalue weighted by Crippen LogP contribution is -2.03. The summed E-state index contributed by atoms with van der Waals surface area (Å²) in [7, 11) is -0.877. The molecule has 0 radical (unpaired) electrons. The molecule has 5 nitrogen and oxygen atoms in total. The van der Waals surface area contributed by atoms with Crippen LogP contribution in [0.2, 0.25) is 0 Å². The van der Waals surface area contributed by atoms with Crippen molar-refractivity contribution in [2.75, 3.05) is 13.7 Å². The van der Waals surface area contributed by atoms with Crippen molar-refractivity contribution in [3.63, 3.8) is 0 Å². The van der Waals surface area contributed by atoms with Gasteiger partial charge in [0, 0.05) is 7.11 Å². The molecule has 0 bridgehead atoms. The van der Waals surface area contributed by atoms with E-state index >= 15 is 0 Å². The van der Waals surface area contributed by atoms with E-state index in [1.165, 1.54) is 7.11 Å². The van der Waals surface area contributed by atoms with E-state index in [0.29, 0.717) is 0 Å². The summed E-state index contributed by atoms with van der Waals surface area (Å²) in [6.45, 7) is 1.85. The highest BCUT2D eigenvalue weighted by Crippen LogP contribution is 2.31. The molecule has 0 saturated heterocycles. The minimum Gasteiger partial charge on any atom is -0.434 e. The third-order valence-corrected chi connectivity index (χ3v) is 1.19. The van der Waals surface area contributed by atoms with E-state index < -0.39 is 14.8 Å². The number of ether oxygens (including phenoxy) is 1. The number of carbonyl (C=O) groups excluding carboxylic acids is 1. The Morgan fingerprint density at radius 2 is 2.30 bits per heavy atom. The first-order valence-corrected chi connectivity index (χ1v) is 3.71. The van der Waals surface area contributed by atoms with Crippen LogP contribution in [-0.2, 0) is 13.8 Å². The second-order valence-electron chi connectivity index (χ2n) is 1.19. The molecule has 6 heteroatoms. The summed E-state index contributed by atoms with van der Waals surface area (Å²) in [5, 5.41) is 0. The van der Waals surface area contributed by atoms with Crippen LogP contribution in [0.1, 0.15) is 6.92 Å². The maximum Gasteiger partial charge on any atom is 0.514 e. The molecule has 0 aromatic heterocycles. The Morgan fingerprint density at radius 3 is 2.70 bits per heavy atom. The minimum absolute atomic E-state index is 0.214. The van der Waals surface area contributed by atoms with Crippen LogP contribution in [0.4, 0.5) is 4.79 Å². The molecule has 0 rings (SSSR count). The molecular weight excluding hydrogens is 159 g/mol. The number of carbonyl (C=O) groups is 1. The largest absolute Gasteiger partial charge is 0.514 e. The summed E-state index contributed by atoms with van der Waals surface area (Å²) in [5.41, 5.74) is 0. The standard InChI is InChI=1S/C4H9O5P/c1-3-8-4(5)9-10(6)7-2/h6H,3H2,1-2H3. The highest BCUT2D eigenvalue weighted by molar-refractivity contribution is 7.41. The van der Waals surface area contributed by atoms with Crippen LogP contribution >= 0.6 is 8.60 Å². The lowest BCUT2D eigenvalue weighted by molar-refractivity contribution is 0.0969. The van der Waals surface area contributed by atoms with Crippen molar-refractivity contribution in [2.45, 2.75) is 6.92 Å². The summed E-state index contributed by atoms with van der Waals surface area (Å²) < 4.78 is 12.8. The van der Waals surface area contributed by atoms with Gasteiger partial charge in [-0.1, -0.05) is 0 Å². The molecule has 0 aliphatic carbocycles. The zero-order valence-corrected chi connectivity index (χ0v) is 6.63. The Hall–Kier alpha value is -0.380. The maximum atomic E-state index is 10.3. The Balaban J connectivity index is 3.37. The van der Waals surface area contributed by atoms with Crippen LogP contribution in [-0.4, -0.2) is 24.8 Å². The molecule has 1 atom stereocenters. The molecule has 0 amide bonds. The molecule has 0 heterocycles. The second kappa shape index (κ2) is 5.41. The van der Waals surface area contributed by atoms with Gasteiger partial charge in [0.25, 0.3) is 0 Å². The fraction of sp³-hybridized carbons (Fsp3) is 0.750. The van der Waals surface area contributed by atoms with E-state index in [-0.39, 0.29) is 6.61 Å². The molecule has 1 N–H and O–H groups in total. The fourth-order valence-electron chi connectivity index (χ4n) is 0.245. The van der Waals surface area contributed by atoms with Gasteiger partial charge in [-0.3, -0.25) is 0 Å². The van der Waals surface area contributed by atoms with Crippen LogP contribution in [0.25, 0.3) is 0 Å². The van der Waals surface area contributed by atoms with Crippen molar-refractivity contribution < 1.29 is 23.5 Å². The van der Waals surface area contributed by atoms with E-state index in [9.17, 15) is 4.79 Å². The van der Waals surface area contributed by atoms with Crippen molar-refractivity contribution in [3.05, 3.63) is 0 Å². The van der Waals surface area contributed by atoms with E-state index in [0.717, 1.165) is 0 Å². The number of rotatable bonds is 3. The quantitative estimate of drug-likeness (QED) is 0.503. The molecule has 0 aliphatic rings. The van der Waals surface area contributed by atoms with Crippen LogP contribution in [0.5, 0.6) is 0 Å². The van der Waals surface area contributed by atoms with Crippen molar-refractivity contribution in [2.24, 2.45) is 0 Å². The van der Waals surface area contributed by atoms with Gasteiger partial charge >= 0.3 is 14.8 Å². The van der Waals surface area contributed by atoms with Gasteiger partial charge in [-0.05, 0) is 6.92 Å². The fourth-order valence-corrected chi connectivity index (χ4v) is 0.500. The zero-order valence-electron chi connectivity index (χ0n) is 5.73. The Labute approximate surface area is 59.9 Å². The molecule has 1 unspecified atom stereocenters. The van der Waals surface area contributed by atoms with Crippen LogP contribution in [0, 0.1) is 0 Å². The van der Waals surface area contributed by atoms with Gasteiger partial charge in [0.15, 0.2) is 0 Å². The molecule has 0 saturated carbocycles. The first-order valence-electron chi connectivity index (χ1n) is 2.58. The van der Waals surface area contributed by atoms with E-state index in [2.05, 4.69) is 13.8 Å². The van der Waals surface area contributed by atoms with E-state index in [1.807, 2.05) is 0 Å². The predicted octanol–water partition coefficient (Wildman–Crippen LogP) is 1.03. The molecule has 0 aromatic carbocycles. The van der Waals surface area contributed by atoms with Gasteiger partial charge in [-0.2, -0.15) is 0 Å². The van der Waals surface area contributed by atoms with Gasteiger partial charge in [-0.15, -0.1) is 0 Å². The Morgan fingerprint density at radius 1 is 1.70 bits per heavy atom. The first-order chi connectivity index (χ1) is 4.70. The average molecular weight is 168 g/mol. The summed E-state index contributed by atoms with van der Waals surface area (Å²) in [6.07, 6.45) is -0.919. The normalized spacial score (nSPS) is 12.3. The minimum atomic E-state index is -2.10. The highest BCUT2D eigenvalue weighted by atomic mass is 31.2. The van der Waals surface area contributed by atoms with Crippen molar-refractivity contribution >= 4 is 14.8 Å². The predicted molar refractivity (Wildman–Crippen MR) is 34.3 cm³/mol. The lowest BCUT2D eigenvalue weighted by atomic mass is 10.9. The highest BCUT2D eigenvalue weighted by Gasteiger charge is 2.11. The number of hydrogen-bond acceptors (Lipinski definition) is 5. The third kappa shape index (κ3) is 4.49. The van der Waals surface area contributed by atoms with E-state index in [4.69, 9.17) is 4.89 Å². The summed E-state index contributed by atoms with van der Waals surface area (Å²) in [5.74, 6) is 0. The van der Waals surface area contributed by atoms with Gasteiger partial charge in [0.1, 0.15) is 0 Å². The molecule has 0 aliphatic heterocycles. The van der Waals surface area contributed by atoms with Crippen LogP contribution < -0.4 is 0 Å². The van der Waals surface area contributed by atoms with Crippen LogP contribution in [0.15, 0.2) is 0 Å². The van der Waals surface area contributed by atoms with Crippen molar-refractivity contribution in [1.82, 2.24) is 0 Å². The molecule has 10 heavy (non-hydrogen) atoms. The molecular formula is C4H9O5P. The molecule has 0 spiro atoms. The molecule has 0 fully saturated rings. The van der Waals surface area contributed by atoms with Gasteiger partial charge < -0.3 is 18.7 Å². The zero-order chi connectivity index (χ0) is 7.98. The third-order valence-electron chi connectivity index (χ3n) is 0.571. The lowest BCUT2D eigenvalue weighted by Gasteiger charge is -2.05. The number of hydrogen-bond donors (Lipinski definition) is 1. The summed E-state index contributed by atoms with van der Waals surface area (Å²) >= 11 is 0. The Bertz CT molecular complexity index is 106. The molecule has 0 aromatic rings. The van der Waals surface area contributed by atoms with Gasteiger partial charge in [-0.25, -0.2) is 4.79 Å². The van der Waals surface area contributed by atoms with Crippen molar-refractivity contribution in [1.29, 1.82) is 0 Å².